The Morgan fingerprint density at radius 2 is 2.09 bits per heavy atom. The van der Waals surface area contributed by atoms with Gasteiger partial charge in [-0.15, -0.1) is 0 Å². The first-order valence-electron chi connectivity index (χ1n) is 6.71. The van der Waals surface area contributed by atoms with Gasteiger partial charge >= 0.3 is 0 Å². The maximum absolute atomic E-state index is 12.2. The van der Waals surface area contributed by atoms with E-state index in [0.717, 1.165) is 10.9 Å². The first kappa shape index (κ1) is 14.9. The van der Waals surface area contributed by atoms with Crippen molar-refractivity contribution < 1.29 is 4.79 Å². The quantitative estimate of drug-likeness (QED) is 0.748. The third-order valence-electron chi connectivity index (χ3n) is 3.34. The van der Waals surface area contributed by atoms with E-state index in [4.69, 9.17) is 23.2 Å². The Hall–Kier alpha value is -2.04. The van der Waals surface area contributed by atoms with Crippen LogP contribution in [0.4, 0.5) is 5.69 Å². The zero-order chi connectivity index (χ0) is 15.7. The van der Waals surface area contributed by atoms with Gasteiger partial charge in [0.05, 0.1) is 28.5 Å². The van der Waals surface area contributed by atoms with E-state index in [1.54, 1.807) is 24.4 Å². The zero-order valence-electron chi connectivity index (χ0n) is 11.8. The average Bonchev–Trinajstić information content (AvgIpc) is 2.85. The summed E-state index contributed by atoms with van der Waals surface area (Å²) in [6.07, 6.45) is 1.94. The van der Waals surface area contributed by atoms with Crippen LogP contribution in [0.3, 0.4) is 0 Å². The molecule has 0 atom stereocenters. The normalized spacial score (nSPS) is 10.9. The van der Waals surface area contributed by atoms with Gasteiger partial charge in [-0.1, -0.05) is 23.2 Å². The number of aromatic amines is 1. The molecule has 0 unspecified atom stereocenters. The molecule has 0 aliphatic carbocycles. The van der Waals surface area contributed by atoms with Crippen molar-refractivity contribution in [1.82, 2.24) is 9.97 Å². The summed E-state index contributed by atoms with van der Waals surface area (Å²) >= 11 is 11.9. The fourth-order valence-electron chi connectivity index (χ4n) is 2.25. The van der Waals surface area contributed by atoms with Crippen LogP contribution in [0.1, 0.15) is 11.4 Å². The van der Waals surface area contributed by atoms with Gasteiger partial charge in [0.2, 0.25) is 5.91 Å². The molecule has 2 aromatic heterocycles. The molecule has 0 aliphatic rings. The summed E-state index contributed by atoms with van der Waals surface area (Å²) in [5.41, 5.74) is 3.01. The lowest BCUT2D eigenvalue weighted by Crippen LogP contribution is -2.15. The van der Waals surface area contributed by atoms with Crippen LogP contribution in [0.25, 0.3) is 10.9 Å². The molecule has 4 nitrogen and oxygen atoms in total. The van der Waals surface area contributed by atoms with Crippen LogP contribution < -0.4 is 5.32 Å². The van der Waals surface area contributed by atoms with Gasteiger partial charge in [0.15, 0.2) is 0 Å². The number of aryl methyl sites for hydroxylation is 1. The number of nitrogens with zero attached hydrogens (tertiary/aromatic N) is 1. The Morgan fingerprint density at radius 1 is 1.27 bits per heavy atom. The topological polar surface area (TPSA) is 57.8 Å². The standard InChI is InChI=1S/C16H13Cl2N3O/c1-9-13(18)4-3-11(20-9)7-16(22)21-15-8-19-14-5-2-10(17)6-12(14)15/h2-6,8,19H,7H2,1H3,(H,21,22). The van der Waals surface area contributed by atoms with Crippen molar-refractivity contribution in [1.29, 1.82) is 0 Å². The molecule has 0 aliphatic heterocycles. The van der Waals surface area contributed by atoms with Crippen LogP contribution in [0.2, 0.25) is 10.0 Å². The number of fused-ring (bicyclic) bond motifs is 1. The third-order valence-corrected chi connectivity index (χ3v) is 3.97. The second-order valence-corrected chi connectivity index (χ2v) is 5.83. The maximum atomic E-state index is 12.2. The van der Waals surface area contributed by atoms with Crippen LogP contribution in [-0.4, -0.2) is 15.9 Å². The monoisotopic (exact) mass is 333 g/mol. The molecule has 2 heterocycles. The highest BCUT2D eigenvalue weighted by Gasteiger charge is 2.10. The number of pyridine rings is 1. The van der Waals surface area contributed by atoms with Crippen molar-refractivity contribution in [2.24, 2.45) is 0 Å². The fraction of sp³-hybridized carbons (Fsp3) is 0.125. The van der Waals surface area contributed by atoms with Crippen molar-refractivity contribution in [3.63, 3.8) is 0 Å². The number of aromatic nitrogens is 2. The highest BCUT2D eigenvalue weighted by atomic mass is 35.5. The summed E-state index contributed by atoms with van der Waals surface area (Å²) in [7, 11) is 0. The number of halogens is 2. The minimum Gasteiger partial charge on any atom is -0.359 e. The van der Waals surface area contributed by atoms with Crippen LogP contribution in [0.5, 0.6) is 0 Å². The predicted molar refractivity (Wildman–Crippen MR) is 89.6 cm³/mol. The molecule has 0 bridgehead atoms. The van der Waals surface area contributed by atoms with Gasteiger partial charge in [-0.05, 0) is 37.3 Å². The number of H-pyrrole nitrogens is 1. The summed E-state index contributed by atoms with van der Waals surface area (Å²) in [6, 6.07) is 8.98. The van der Waals surface area contributed by atoms with Crippen molar-refractivity contribution in [3.05, 3.63) is 58.0 Å². The maximum Gasteiger partial charge on any atom is 0.230 e. The predicted octanol–water partition coefficient (Wildman–Crippen LogP) is 4.36. The van der Waals surface area contributed by atoms with E-state index in [1.165, 1.54) is 0 Å². The highest BCUT2D eigenvalue weighted by molar-refractivity contribution is 6.31. The number of hydrogen-bond donors (Lipinski definition) is 2. The zero-order valence-corrected chi connectivity index (χ0v) is 13.3. The van der Waals surface area contributed by atoms with Crippen molar-refractivity contribution in [2.75, 3.05) is 5.32 Å². The van der Waals surface area contributed by atoms with Crippen LogP contribution in [0, 0.1) is 6.92 Å². The molecule has 0 saturated carbocycles. The van der Waals surface area contributed by atoms with E-state index in [2.05, 4.69) is 15.3 Å². The fourth-order valence-corrected chi connectivity index (χ4v) is 2.53. The molecule has 22 heavy (non-hydrogen) atoms. The smallest absolute Gasteiger partial charge is 0.230 e. The third kappa shape index (κ3) is 3.08. The van der Waals surface area contributed by atoms with E-state index >= 15 is 0 Å². The Morgan fingerprint density at radius 3 is 2.86 bits per heavy atom. The number of carbonyl (C=O) groups excluding carboxylic acids is 1. The molecule has 112 valence electrons. The van der Waals surface area contributed by atoms with E-state index in [9.17, 15) is 4.79 Å². The summed E-state index contributed by atoms with van der Waals surface area (Å²) in [4.78, 5) is 19.6. The second-order valence-electron chi connectivity index (χ2n) is 4.99. The molecule has 3 rings (SSSR count). The lowest BCUT2D eigenvalue weighted by atomic mass is 10.2. The molecular formula is C16H13Cl2N3O. The Balaban J connectivity index is 1.78. The van der Waals surface area contributed by atoms with E-state index in [-0.39, 0.29) is 12.3 Å². The van der Waals surface area contributed by atoms with Gasteiger partial charge < -0.3 is 10.3 Å². The summed E-state index contributed by atoms with van der Waals surface area (Å²) < 4.78 is 0. The molecule has 6 heteroatoms. The Labute approximate surface area is 137 Å². The molecular weight excluding hydrogens is 321 g/mol. The molecule has 2 N–H and O–H groups in total. The van der Waals surface area contributed by atoms with Gasteiger partial charge in [-0.3, -0.25) is 9.78 Å². The average molecular weight is 334 g/mol. The Kier molecular flexibility index (Phi) is 4.05. The molecule has 0 spiro atoms. The van der Waals surface area contributed by atoms with Gasteiger partial charge in [0.25, 0.3) is 0 Å². The first-order valence-corrected chi connectivity index (χ1v) is 7.47. The van der Waals surface area contributed by atoms with Gasteiger partial charge in [0.1, 0.15) is 0 Å². The molecule has 1 amide bonds. The summed E-state index contributed by atoms with van der Waals surface area (Å²) in [5.74, 6) is -0.143. The SMILES string of the molecule is Cc1nc(CC(=O)Nc2c[nH]c3ccc(Cl)cc23)ccc1Cl. The molecule has 0 fully saturated rings. The molecule has 1 aromatic carbocycles. The number of carbonyl (C=O) groups is 1. The lowest BCUT2D eigenvalue weighted by molar-refractivity contribution is -0.115. The number of anilines is 1. The highest BCUT2D eigenvalue weighted by Crippen LogP contribution is 2.26. The lowest BCUT2D eigenvalue weighted by Gasteiger charge is -2.05. The molecule has 3 aromatic rings. The van der Waals surface area contributed by atoms with Crippen molar-refractivity contribution in [3.8, 4) is 0 Å². The number of rotatable bonds is 3. The van der Waals surface area contributed by atoms with Gasteiger partial charge in [0, 0.05) is 22.1 Å². The Bertz CT molecular complexity index is 858. The van der Waals surface area contributed by atoms with E-state index in [0.29, 0.717) is 27.1 Å². The first-order chi connectivity index (χ1) is 10.5. The molecule has 0 saturated heterocycles. The van der Waals surface area contributed by atoms with Crippen LogP contribution in [-0.2, 0) is 11.2 Å². The minimum absolute atomic E-state index is 0.143. The summed E-state index contributed by atoms with van der Waals surface area (Å²) in [6.45, 7) is 1.81. The number of hydrogen-bond acceptors (Lipinski definition) is 2. The summed E-state index contributed by atoms with van der Waals surface area (Å²) in [5, 5.41) is 4.96. The second kappa shape index (κ2) is 5.99. The number of amides is 1. The van der Waals surface area contributed by atoms with Gasteiger partial charge in [-0.25, -0.2) is 0 Å². The number of benzene rings is 1. The largest absolute Gasteiger partial charge is 0.359 e. The van der Waals surface area contributed by atoms with Gasteiger partial charge in [-0.2, -0.15) is 0 Å². The number of nitrogens with one attached hydrogen (secondary N) is 2. The van der Waals surface area contributed by atoms with Crippen molar-refractivity contribution >= 4 is 45.7 Å². The van der Waals surface area contributed by atoms with E-state index < -0.39 is 0 Å². The van der Waals surface area contributed by atoms with E-state index in [1.807, 2.05) is 19.1 Å². The molecule has 0 radical (unpaired) electrons. The van der Waals surface area contributed by atoms with Crippen LogP contribution >= 0.6 is 23.2 Å². The van der Waals surface area contributed by atoms with Crippen LogP contribution in [0.15, 0.2) is 36.5 Å². The minimum atomic E-state index is -0.143. The van der Waals surface area contributed by atoms with Crippen molar-refractivity contribution in [2.45, 2.75) is 13.3 Å².